The normalized spacial score (nSPS) is 15.5. The summed E-state index contributed by atoms with van der Waals surface area (Å²) in [5, 5.41) is 19.5. The summed E-state index contributed by atoms with van der Waals surface area (Å²) < 4.78 is 1.22. The molecule has 2 aromatic rings. The van der Waals surface area contributed by atoms with E-state index in [0.717, 1.165) is 19.3 Å². The molecule has 1 fully saturated rings. The monoisotopic (exact) mass is 348 g/mol. The Hall–Kier alpha value is -2.41. The maximum atomic E-state index is 12.1. The molecular weight excluding hydrogens is 332 g/mol. The van der Waals surface area contributed by atoms with Crippen molar-refractivity contribution in [1.82, 2.24) is 20.3 Å². The van der Waals surface area contributed by atoms with Gasteiger partial charge in [0.25, 0.3) is 0 Å². The number of nitrogens with zero attached hydrogens (tertiary/aromatic N) is 3. The quantitative estimate of drug-likeness (QED) is 0.830. The molecule has 8 heteroatoms. The van der Waals surface area contributed by atoms with E-state index in [9.17, 15) is 9.59 Å². The molecule has 1 aromatic heterocycles. The van der Waals surface area contributed by atoms with Crippen molar-refractivity contribution in [2.75, 3.05) is 6.54 Å². The van der Waals surface area contributed by atoms with Crippen LogP contribution in [0.25, 0.3) is 0 Å². The van der Waals surface area contributed by atoms with Crippen LogP contribution in [-0.4, -0.2) is 38.5 Å². The molecule has 1 aliphatic rings. The number of aromatic carboxylic acids is 1. The highest BCUT2D eigenvalue weighted by Gasteiger charge is 2.38. The molecule has 1 amide bonds. The van der Waals surface area contributed by atoms with E-state index in [0.29, 0.717) is 11.6 Å². The van der Waals surface area contributed by atoms with Crippen LogP contribution in [0.3, 0.4) is 0 Å². The van der Waals surface area contributed by atoms with Crippen LogP contribution in [0.1, 0.15) is 35.3 Å². The first kappa shape index (κ1) is 16.4. The number of hydrogen-bond acceptors (Lipinski definition) is 4. The summed E-state index contributed by atoms with van der Waals surface area (Å²) in [5.74, 6) is -1.39. The summed E-state index contributed by atoms with van der Waals surface area (Å²) in [7, 11) is 0. The zero-order valence-corrected chi connectivity index (χ0v) is 13.7. The van der Waals surface area contributed by atoms with Crippen LogP contribution < -0.4 is 5.32 Å². The Kier molecular flexibility index (Phi) is 4.53. The van der Waals surface area contributed by atoms with Crippen LogP contribution in [0.5, 0.6) is 0 Å². The number of nitrogens with one attached hydrogen (secondary N) is 1. The lowest BCUT2D eigenvalue weighted by Gasteiger charge is -2.42. The zero-order chi connectivity index (χ0) is 17.2. The highest BCUT2D eigenvalue weighted by molar-refractivity contribution is 6.30. The number of hydrogen-bond donors (Lipinski definition) is 2. The van der Waals surface area contributed by atoms with Gasteiger partial charge in [-0.2, -0.15) is 0 Å². The summed E-state index contributed by atoms with van der Waals surface area (Å²) in [5.41, 5.74) is 0.946. The number of carbonyl (C=O) groups is 2. The van der Waals surface area contributed by atoms with Crippen LogP contribution in [0, 0.1) is 0 Å². The summed E-state index contributed by atoms with van der Waals surface area (Å²) in [6, 6.07) is 7.73. The second-order valence-electron chi connectivity index (χ2n) is 6.02. The third-order valence-electron chi connectivity index (χ3n) is 4.45. The predicted octanol–water partition coefficient (Wildman–Crippen LogP) is 1.87. The van der Waals surface area contributed by atoms with E-state index in [4.69, 9.17) is 16.7 Å². The molecular formula is C16H17ClN4O3. The first-order chi connectivity index (χ1) is 11.5. The Morgan fingerprint density at radius 1 is 1.29 bits per heavy atom. The average Bonchev–Trinajstić information content (AvgIpc) is 2.96. The van der Waals surface area contributed by atoms with Gasteiger partial charge >= 0.3 is 5.97 Å². The molecule has 24 heavy (non-hydrogen) atoms. The van der Waals surface area contributed by atoms with Crippen LogP contribution in [0.2, 0.25) is 5.02 Å². The van der Waals surface area contributed by atoms with E-state index < -0.39 is 5.97 Å². The molecule has 1 saturated carbocycles. The Morgan fingerprint density at radius 2 is 2.00 bits per heavy atom. The highest BCUT2D eigenvalue weighted by Crippen LogP contribution is 2.43. The first-order valence-corrected chi connectivity index (χ1v) is 8.02. The predicted molar refractivity (Wildman–Crippen MR) is 87.0 cm³/mol. The number of carboxylic acid groups (broad SMARTS) is 1. The van der Waals surface area contributed by atoms with Crippen molar-refractivity contribution in [3.05, 3.63) is 46.7 Å². The molecule has 0 unspecified atom stereocenters. The number of carboxylic acids is 1. The van der Waals surface area contributed by atoms with Gasteiger partial charge in [-0.15, -0.1) is 5.10 Å². The van der Waals surface area contributed by atoms with Crippen molar-refractivity contribution in [2.45, 2.75) is 31.2 Å². The third-order valence-corrected chi connectivity index (χ3v) is 4.71. The Labute approximate surface area is 143 Å². The fourth-order valence-electron chi connectivity index (χ4n) is 2.92. The fourth-order valence-corrected chi connectivity index (χ4v) is 3.04. The van der Waals surface area contributed by atoms with E-state index in [1.54, 1.807) is 0 Å². The summed E-state index contributed by atoms with van der Waals surface area (Å²) >= 11 is 5.94. The van der Waals surface area contributed by atoms with E-state index in [-0.39, 0.29) is 23.6 Å². The van der Waals surface area contributed by atoms with Crippen molar-refractivity contribution < 1.29 is 14.7 Å². The van der Waals surface area contributed by atoms with Crippen molar-refractivity contribution in [2.24, 2.45) is 0 Å². The molecule has 0 bridgehead atoms. The van der Waals surface area contributed by atoms with E-state index in [1.165, 1.54) is 16.4 Å². The highest BCUT2D eigenvalue weighted by atomic mass is 35.5. The van der Waals surface area contributed by atoms with E-state index >= 15 is 0 Å². The van der Waals surface area contributed by atoms with Gasteiger partial charge in [0.2, 0.25) is 5.91 Å². The molecule has 0 saturated heterocycles. The molecule has 1 aliphatic carbocycles. The van der Waals surface area contributed by atoms with Crippen molar-refractivity contribution >= 4 is 23.5 Å². The van der Waals surface area contributed by atoms with E-state index in [1.807, 2.05) is 24.3 Å². The molecule has 0 atom stereocenters. The number of halogens is 1. The molecule has 0 aliphatic heterocycles. The van der Waals surface area contributed by atoms with Crippen LogP contribution >= 0.6 is 11.6 Å². The summed E-state index contributed by atoms with van der Waals surface area (Å²) in [6.45, 7) is 0.477. The van der Waals surface area contributed by atoms with Gasteiger partial charge in [0.15, 0.2) is 5.69 Å². The van der Waals surface area contributed by atoms with Crippen LogP contribution in [0.15, 0.2) is 30.5 Å². The number of amides is 1. The second-order valence-corrected chi connectivity index (χ2v) is 6.46. The molecule has 0 radical (unpaired) electrons. The number of aromatic nitrogens is 3. The van der Waals surface area contributed by atoms with E-state index in [2.05, 4.69) is 15.6 Å². The molecule has 126 valence electrons. The van der Waals surface area contributed by atoms with Crippen LogP contribution in [-0.2, 0) is 16.8 Å². The molecule has 3 rings (SSSR count). The first-order valence-electron chi connectivity index (χ1n) is 7.65. The molecule has 1 heterocycles. The molecule has 7 nitrogen and oxygen atoms in total. The maximum Gasteiger partial charge on any atom is 0.358 e. The van der Waals surface area contributed by atoms with Crippen molar-refractivity contribution in [3.8, 4) is 0 Å². The lowest BCUT2D eigenvalue weighted by atomic mass is 9.64. The average molecular weight is 349 g/mol. The number of benzene rings is 1. The minimum absolute atomic E-state index is 0.0468. The van der Waals surface area contributed by atoms with Gasteiger partial charge in [0, 0.05) is 17.0 Å². The summed E-state index contributed by atoms with van der Waals surface area (Å²) in [6.07, 6.45) is 4.40. The maximum absolute atomic E-state index is 12.1. The smallest absolute Gasteiger partial charge is 0.358 e. The Balaban J connectivity index is 1.60. The van der Waals surface area contributed by atoms with Gasteiger partial charge in [-0.25, -0.2) is 9.48 Å². The van der Waals surface area contributed by atoms with Gasteiger partial charge in [0.1, 0.15) is 6.54 Å². The SMILES string of the molecule is O=C(Cn1cc(C(=O)O)nn1)NCC1(c2ccc(Cl)cc2)CCC1. The number of carbonyl (C=O) groups excluding carboxylic acids is 1. The topological polar surface area (TPSA) is 97.1 Å². The lowest BCUT2D eigenvalue weighted by Crippen LogP contribution is -2.46. The van der Waals surface area contributed by atoms with Crippen LogP contribution in [0.4, 0.5) is 0 Å². The second kappa shape index (κ2) is 6.60. The van der Waals surface area contributed by atoms with Gasteiger partial charge in [-0.3, -0.25) is 4.79 Å². The standard InChI is InChI=1S/C16H17ClN4O3/c17-12-4-2-11(3-5-12)16(6-1-7-16)10-18-14(22)9-21-8-13(15(23)24)19-20-21/h2-5,8H,1,6-7,9-10H2,(H,18,22)(H,23,24). The molecule has 2 N–H and O–H groups in total. The third kappa shape index (κ3) is 3.41. The summed E-state index contributed by atoms with van der Waals surface area (Å²) in [4.78, 5) is 22.9. The molecule has 0 spiro atoms. The van der Waals surface area contributed by atoms with Crippen molar-refractivity contribution in [1.29, 1.82) is 0 Å². The Bertz CT molecular complexity index is 753. The van der Waals surface area contributed by atoms with Gasteiger partial charge < -0.3 is 10.4 Å². The van der Waals surface area contributed by atoms with Gasteiger partial charge in [-0.1, -0.05) is 35.4 Å². The van der Waals surface area contributed by atoms with Crippen molar-refractivity contribution in [3.63, 3.8) is 0 Å². The Morgan fingerprint density at radius 3 is 2.54 bits per heavy atom. The lowest BCUT2D eigenvalue weighted by molar-refractivity contribution is -0.122. The largest absolute Gasteiger partial charge is 0.476 e. The fraction of sp³-hybridized carbons (Fsp3) is 0.375. The minimum atomic E-state index is -1.17. The van der Waals surface area contributed by atoms with Gasteiger partial charge in [-0.05, 0) is 30.5 Å². The molecule has 1 aromatic carbocycles. The van der Waals surface area contributed by atoms with Gasteiger partial charge in [0.05, 0.1) is 6.20 Å². The number of rotatable bonds is 6. The zero-order valence-electron chi connectivity index (χ0n) is 12.9. The minimum Gasteiger partial charge on any atom is -0.476 e.